The van der Waals surface area contributed by atoms with Crippen molar-refractivity contribution >= 4 is 57.2 Å². The van der Waals surface area contributed by atoms with Crippen LogP contribution in [0.2, 0.25) is 5.02 Å². The highest BCUT2D eigenvalue weighted by Crippen LogP contribution is 2.23. The van der Waals surface area contributed by atoms with Crippen LogP contribution < -0.4 is 15.5 Å². The Hall–Kier alpha value is -4.27. The summed E-state index contributed by atoms with van der Waals surface area (Å²) in [6.45, 7) is 1.89. The predicted octanol–water partition coefficient (Wildman–Crippen LogP) is 6.65. The van der Waals surface area contributed by atoms with Crippen LogP contribution in [-0.2, 0) is 0 Å². The van der Waals surface area contributed by atoms with Gasteiger partial charge < -0.3 is 10.1 Å². The van der Waals surface area contributed by atoms with Gasteiger partial charge in [0, 0.05) is 31.9 Å². The van der Waals surface area contributed by atoms with Crippen LogP contribution in [0.3, 0.4) is 0 Å². The van der Waals surface area contributed by atoms with Crippen LogP contribution in [0.15, 0.2) is 101 Å². The number of hydrogen-bond acceptors (Lipinski definition) is 5. The summed E-state index contributed by atoms with van der Waals surface area (Å²) in [6.07, 6.45) is 1.38. The Morgan fingerprint density at radius 3 is 2.34 bits per heavy atom. The molecule has 0 saturated heterocycles. The summed E-state index contributed by atoms with van der Waals surface area (Å²) in [4.78, 5) is 37.7. The molecule has 0 unspecified atom stereocenters. The molecule has 0 heterocycles. The number of carbonyl (C=O) groups excluding carboxylic acids is 3. The van der Waals surface area contributed by atoms with E-state index in [0.717, 1.165) is 10.0 Å². The van der Waals surface area contributed by atoms with Gasteiger partial charge in [-0.15, -0.1) is 0 Å². The minimum atomic E-state index is -0.507. The Bertz CT molecular complexity index is 1540. The molecule has 0 spiro atoms. The third kappa shape index (κ3) is 7.15. The van der Waals surface area contributed by atoms with Crippen LogP contribution in [0.4, 0.5) is 5.69 Å². The number of benzene rings is 4. The molecule has 4 aromatic rings. The van der Waals surface area contributed by atoms with Gasteiger partial charge in [0.25, 0.3) is 11.8 Å². The number of ether oxygens (including phenoxy) is 1. The summed E-state index contributed by atoms with van der Waals surface area (Å²) in [6, 6.07) is 25.1. The van der Waals surface area contributed by atoms with Crippen LogP contribution >= 0.6 is 27.5 Å². The molecule has 38 heavy (non-hydrogen) atoms. The molecule has 0 radical (unpaired) electrons. The number of nitrogens with one attached hydrogen (secondary N) is 2. The summed E-state index contributed by atoms with van der Waals surface area (Å²) >= 11 is 9.26. The first-order chi connectivity index (χ1) is 18.3. The van der Waals surface area contributed by atoms with Gasteiger partial charge in [-0.05, 0) is 79.7 Å². The van der Waals surface area contributed by atoms with E-state index in [1.807, 2.05) is 13.0 Å². The number of carbonyl (C=O) groups is 3. The molecular weight excluding hydrogens is 570 g/mol. The molecular formula is C29H21BrClN3O4. The normalized spacial score (nSPS) is 10.7. The average molecular weight is 591 g/mol. The minimum Gasteiger partial charge on any atom is -0.422 e. The molecule has 9 heteroatoms. The lowest BCUT2D eigenvalue weighted by Crippen LogP contribution is -2.18. The Morgan fingerprint density at radius 1 is 0.842 bits per heavy atom. The predicted molar refractivity (Wildman–Crippen MR) is 151 cm³/mol. The molecule has 2 amide bonds. The van der Waals surface area contributed by atoms with Gasteiger partial charge in [0.2, 0.25) is 0 Å². The summed E-state index contributed by atoms with van der Waals surface area (Å²) < 4.78 is 6.31. The topological polar surface area (TPSA) is 96.9 Å². The monoisotopic (exact) mass is 589 g/mol. The zero-order chi connectivity index (χ0) is 27.1. The summed E-state index contributed by atoms with van der Waals surface area (Å²) in [5.41, 5.74) is 5.45. The van der Waals surface area contributed by atoms with Crippen molar-refractivity contribution in [1.82, 2.24) is 5.43 Å². The van der Waals surface area contributed by atoms with Crippen molar-refractivity contribution in [3.05, 3.63) is 128 Å². The van der Waals surface area contributed by atoms with Crippen molar-refractivity contribution in [3.63, 3.8) is 0 Å². The molecule has 0 aliphatic carbocycles. The molecule has 0 aliphatic rings. The third-order valence-corrected chi connectivity index (χ3v) is 6.03. The Labute approximate surface area is 232 Å². The van der Waals surface area contributed by atoms with E-state index in [9.17, 15) is 14.4 Å². The largest absolute Gasteiger partial charge is 0.422 e. The molecule has 0 bridgehead atoms. The van der Waals surface area contributed by atoms with Gasteiger partial charge in [-0.1, -0.05) is 51.3 Å². The second-order valence-corrected chi connectivity index (χ2v) is 9.53. The van der Waals surface area contributed by atoms with Crippen molar-refractivity contribution in [2.75, 3.05) is 5.32 Å². The Morgan fingerprint density at radius 2 is 1.58 bits per heavy atom. The zero-order valence-electron chi connectivity index (χ0n) is 20.1. The van der Waals surface area contributed by atoms with Crippen LogP contribution in [0.5, 0.6) is 5.75 Å². The number of esters is 1. The number of hydrogen-bond donors (Lipinski definition) is 2. The molecule has 2 N–H and O–H groups in total. The van der Waals surface area contributed by atoms with Gasteiger partial charge in [-0.2, -0.15) is 5.10 Å². The molecule has 0 aliphatic heterocycles. The number of rotatable bonds is 7. The Balaban J connectivity index is 1.43. The van der Waals surface area contributed by atoms with Crippen molar-refractivity contribution < 1.29 is 19.1 Å². The fourth-order valence-corrected chi connectivity index (χ4v) is 3.92. The van der Waals surface area contributed by atoms with Crippen molar-refractivity contribution in [3.8, 4) is 5.75 Å². The number of hydrazone groups is 1. The van der Waals surface area contributed by atoms with E-state index in [2.05, 4.69) is 31.8 Å². The fourth-order valence-electron chi connectivity index (χ4n) is 3.41. The highest BCUT2D eigenvalue weighted by atomic mass is 79.9. The first-order valence-corrected chi connectivity index (χ1v) is 12.5. The molecule has 0 fully saturated rings. The smallest absolute Gasteiger partial charge is 0.343 e. The van der Waals surface area contributed by atoms with Crippen LogP contribution in [-0.4, -0.2) is 24.0 Å². The van der Waals surface area contributed by atoms with Gasteiger partial charge in [0.15, 0.2) is 0 Å². The molecule has 4 rings (SSSR count). The van der Waals surface area contributed by atoms with Gasteiger partial charge in [-0.3, -0.25) is 9.59 Å². The number of aryl methyl sites for hydroxylation is 1. The van der Waals surface area contributed by atoms with E-state index >= 15 is 0 Å². The summed E-state index contributed by atoms with van der Waals surface area (Å²) in [5.74, 6) is -1.05. The molecule has 4 aromatic carbocycles. The molecule has 7 nitrogen and oxygen atoms in total. The van der Waals surface area contributed by atoms with Crippen LogP contribution in [0.1, 0.15) is 42.2 Å². The Kier molecular flexibility index (Phi) is 8.68. The second kappa shape index (κ2) is 12.3. The van der Waals surface area contributed by atoms with E-state index in [4.69, 9.17) is 16.3 Å². The van der Waals surface area contributed by atoms with Gasteiger partial charge in [-0.25, -0.2) is 10.2 Å². The lowest BCUT2D eigenvalue weighted by molar-refractivity contribution is 0.0733. The number of amides is 2. The fraction of sp³-hybridized carbons (Fsp3) is 0.0345. The highest BCUT2D eigenvalue weighted by molar-refractivity contribution is 9.10. The maximum absolute atomic E-state index is 12.7. The zero-order valence-corrected chi connectivity index (χ0v) is 22.4. The lowest BCUT2D eigenvalue weighted by atomic mass is 10.1. The molecule has 0 aromatic heterocycles. The average Bonchev–Trinajstić information content (AvgIpc) is 2.90. The van der Waals surface area contributed by atoms with E-state index < -0.39 is 11.9 Å². The summed E-state index contributed by atoms with van der Waals surface area (Å²) in [7, 11) is 0. The van der Waals surface area contributed by atoms with Gasteiger partial charge >= 0.3 is 5.97 Å². The van der Waals surface area contributed by atoms with Crippen LogP contribution in [0.25, 0.3) is 0 Å². The van der Waals surface area contributed by atoms with E-state index in [-0.39, 0.29) is 17.2 Å². The maximum atomic E-state index is 12.7. The third-order valence-electron chi connectivity index (χ3n) is 5.29. The van der Waals surface area contributed by atoms with Gasteiger partial charge in [0.1, 0.15) is 5.75 Å². The van der Waals surface area contributed by atoms with Crippen molar-refractivity contribution in [2.24, 2.45) is 5.10 Å². The van der Waals surface area contributed by atoms with Crippen molar-refractivity contribution in [2.45, 2.75) is 6.92 Å². The number of halogens is 2. The quantitative estimate of drug-likeness (QED) is 0.109. The first kappa shape index (κ1) is 26.8. The van der Waals surface area contributed by atoms with Crippen LogP contribution in [0, 0.1) is 6.92 Å². The standard InChI is InChI=1S/C29H21BrClN3O4/c1-18-4-2-6-21(14-18)29(37)38-26-13-10-23(30)15-22(26)17-32-34-28(36)20-5-3-7-25(16-20)33-27(35)19-8-11-24(31)12-9-19/h2-17H,1H3,(H,33,35)(H,34,36). The molecule has 190 valence electrons. The van der Waals surface area contributed by atoms with E-state index in [0.29, 0.717) is 27.4 Å². The minimum absolute atomic E-state index is 0.282. The van der Waals surface area contributed by atoms with Gasteiger partial charge in [0.05, 0.1) is 11.8 Å². The van der Waals surface area contributed by atoms with Crippen molar-refractivity contribution in [1.29, 1.82) is 0 Å². The SMILES string of the molecule is Cc1cccc(C(=O)Oc2ccc(Br)cc2C=NNC(=O)c2cccc(NC(=O)c3ccc(Cl)cc3)c2)c1. The lowest BCUT2D eigenvalue weighted by Gasteiger charge is -2.09. The molecule has 0 atom stereocenters. The summed E-state index contributed by atoms with van der Waals surface area (Å²) in [5, 5.41) is 7.30. The van der Waals surface area contributed by atoms with E-state index in [1.54, 1.807) is 78.9 Å². The van der Waals surface area contributed by atoms with E-state index in [1.165, 1.54) is 12.3 Å². The number of anilines is 1. The molecule has 0 saturated carbocycles. The number of nitrogens with zero attached hydrogens (tertiary/aromatic N) is 1. The highest BCUT2D eigenvalue weighted by Gasteiger charge is 2.13. The second-order valence-electron chi connectivity index (χ2n) is 8.18. The maximum Gasteiger partial charge on any atom is 0.343 e. The first-order valence-electron chi connectivity index (χ1n) is 11.4.